The second-order valence-corrected chi connectivity index (χ2v) is 14.9. The number of fused-ring (bicyclic) bond motifs is 6. The normalized spacial score (nSPS) is 12.7. The van der Waals surface area contributed by atoms with E-state index >= 15 is 0 Å². The topological polar surface area (TPSA) is 32.0 Å². The summed E-state index contributed by atoms with van der Waals surface area (Å²) in [5, 5.41) is 12.0. The standard InChI is InChI=1S/C52H37N3/c1-52(2)48-16-10-9-15-44(48)45-28-21-39(32-49(45)52)37-19-25-42(26-20-37)54(41-23-17-35(34-53)18-24-41)43-27-30-51-47(33-43)46-31-38(36-11-5-3-6-12-36)22-29-50(46)55(51)40-13-7-4-8-14-40/h3-33H,1-2H3. The summed E-state index contributed by atoms with van der Waals surface area (Å²) in [6, 6.07) is 69.5. The van der Waals surface area contributed by atoms with Gasteiger partial charge in [-0.2, -0.15) is 5.26 Å². The molecule has 0 spiro atoms. The number of rotatable bonds is 6. The first-order valence-electron chi connectivity index (χ1n) is 18.8. The summed E-state index contributed by atoms with van der Waals surface area (Å²) >= 11 is 0. The van der Waals surface area contributed by atoms with Gasteiger partial charge in [0.15, 0.2) is 0 Å². The molecule has 0 unspecified atom stereocenters. The molecule has 0 fully saturated rings. The van der Waals surface area contributed by atoms with Crippen LogP contribution < -0.4 is 4.90 Å². The maximum atomic E-state index is 9.64. The third-order valence-corrected chi connectivity index (χ3v) is 11.4. The molecule has 0 bridgehead atoms. The highest BCUT2D eigenvalue weighted by molar-refractivity contribution is 6.12. The molecule has 10 rings (SSSR count). The van der Waals surface area contributed by atoms with Gasteiger partial charge in [-0.3, -0.25) is 0 Å². The highest BCUT2D eigenvalue weighted by Crippen LogP contribution is 2.50. The molecule has 0 atom stereocenters. The first-order chi connectivity index (χ1) is 27.0. The van der Waals surface area contributed by atoms with Crippen molar-refractivity contribution >= 4 is 38.9 Å². The number of para-hydroxylation sites is 1. The molecule has 3 heteroatoms. The van der Waals surface area contributed by atoms with Gasteiger partial charge in [0.2, 0.25) is 0 Å². The van der Waals surface area contributed by atoms with Crippen molar-refractivity contribution in [3.8, 4) is 45.1 Å². The van der Waals surface area contributed by atoms with Gasteiger partial charge >= 0.3 is 0 Å². The lowest BCUT2D eigenvalue weighted by Crippen LogP contribution is -2.14. The number of hydrogen-bond donors (Lipinski definition) is 0. The van der Waals surface area contributed by atoms with Gasteiger partial charge in [-0.25, -0.2) is 0 Å². The minimum Gasteiger partial charge on any atom is -0.310 e. The number of benzene rings is 8. The van der Waals surface area contributed by atoms with Crippen LogP contribution in [0.4, 0.5) is 17.1 Å². The Hall–Kier alpha value is -7.15. The van der Waals surface area contributed by atoms with Gasteiger partial charge in [0, 0.05) is 38.9 Å². The first kappa shape index (κ1) is 32.5. The SMILES string of the molecule is CC1(C)c2ccccc2-c2ccc(-c3ccc(N(c4ccc(C#N)cc4)c4ccc5c(c4)c4cc(-c6ccccc6)ccc4n5-c4ccccc4)cc3)cc21. The zero-order chi connectivity index (χ0) is 37.1. The van der Waals surface area contributed by atoms with Crippen molar-refractivity contribution in [2.75, 3.05) is 4.90 Å². The van der Waals surface area contributed by atoms with Crippen LogP contribution in [-0.2, 0) is 5.41 Å². The van der Waals surface area contributed by atoms with Gasteiger partial charge in [-0.1, -0.05) is 117 Å². The van der Waals surface area contributed by atoms with Crippen LogP contribution in [-0.4, -0.2) is 4.57 Å². The minimum absolute atomic E-state index is 0.0571. The summed E-state index contributed by atoms with van der Waals surface area (Å²) in [6.45, 7) is 4.66. The first-order valence-corrected chi connectivity index (χ1v) is 18.8. The third-order valence-electron chi connectivity index (χ3n) is 11.4. The van der Waals surface area contributed by atoms with Gasteiger partial charge in [0.25, 0.3) is 0 Å². The van der Waals surface area contributed by atoms with Crippen LogP contribution in [0.25, 0.3) is 60.9 Å². The summed E-state index contributed by atoms with van der Waals surface area (Å²) in [4.78, 5) is 2.29. The fourth-order valence-electron chi connectivity index (χ4n) is 8.63. The smallest absolute Gasteiger partial charge is 0.0991 e. The molecule has 1 aromatic heterocycles. The molecule has 0 saturated heterocycles. The predicted octanol–water partition coefficient (Wildman–Crippen LogP) is 13.8. The second-order valence-electron chi connectivity index (χ2n) is 14.9. The fourth-order valence-corrected chi connectivity index (χ4v) is 8.63. The monoisotopic (exact) mass is 703 g/mol. The van der Waals surface area contributed by atoms with Gasteiger partial charge in [0.05, 0.1) is 22.7 Å². The lowest BCUT2D eigenvalue weighted by atomic mass is 9.81. The van der Waals surface area contributed by atoms with Crippen LogP contribution in [0.3, 0.4) is 0 Å². The van der Waals surface area contributed by atoms with E-state index in [9.17, 15) is 5.26 Å². The van der Waals surface area contributed by atoms with Gasteiger partial charge in [-0.15, -0.1) is 0 Å². The summed E-state index contributed by atoms with van der Waals surface area (Å²) in [5.74, 6) is 0. The number of nitriles is 1. The van der Waals surface area contributed by atoms with Crippen LogP contribution in [0.1, 0.15) is 30.5 Å². The Morgan fingerprint density at radius 3 is 1.71 bits per heavy atom. The largest absolute Gasteiger partial charge is 0.310 e. The molecule has 0 N–H and O–H groups in total. The molecule has 9 aromatic rings. The van der Waals surface area contributed by atoms with Crippen molar-refractivity contribution in [2.24, 2.45) is 0 Å². The van der Waals surface area contributed by atoms with E-state index in [1.807, 2.05) is 24.3 Å². The minimum atomic E-state index is -0.0571. The lowest BCUT2D eigenvalue weighted by Gasteiger charge is -2.26. The summed E-state index contributed by atoms with van der Waals surface area (Å²) in [5.41, 5.74) is 17.3. The second kappa shape index (κ2) is 12.8. The van der Waals surface area contributed by atoms with Crippen molar-refractivity contribution < 1.29 is 0 Å². The van der Waals surface area contributed by atoms with Crippen molar-refractivity contribution in [3.05, 3.63) is 205 Å². The summed E-state index contributed by atoms with van der Waals surface area (Å²) in [7, 11) is 0. The van der Waals surface area contributed by atoms with E-state index in [0.717, 1.165) is 33.8 Å². The average molecular weight is 704 g/mol. The van der Waals surface area contributed by atoms with Crippen LogP contribution >= 0.6 is 0 Å². The molecular formula is C52H37N3. The summed E-state index contributed by atoms with van der Waals surface area (Å²) in [6.07, 6.45) is 0. The Balaban J connectivity index is 1.11. The molecule has 1 aliphatic rings. The van der Waals surface area contributed by atoms with E-state index in [1.54, 1.807) is 0 Å². The molecule has 0 radical (unpaired) electrons. The van der Waals surface area contributed by atoms with Crippen molar-refractivity contribution in [1.82, 2.24) is 4.57 Å². The summed E-state index contributed by atoms with van der Waals surface area (Å²) < 4.78 is 2.36. The van der Waals surface area contributed by atoms with Crippen LogP contribution in [0.15, 0.2) is 188 Å². The third kappa shape index (κ3) is 5.34. The van der Waals surface area contributed by atoms with E-state index in [4.69, 9.17) is 0 Å². The number of nitrogens with zero attached hydrogens (tertiary/aromatic N) is 3. The van der Waals surface area contributed by atoms with Crippen molar-refractivity contribution in [3.63, 3.8) is 0 Å². The Morgan fingerprint density at radius 2 is 0.982 bits per heavy atom. The number of hydrogen-bond acceptors (Lipinski definition) is 2. The highest BCUT2D eigenvalue weighted by atomic mass is 15.1. The molecule has 0 amide bonds. The van der Waals surface area contributed by atoms with Crippen LogP contribution in [0, 0.1) is 11.3 Å². The van der Waals surface area contributed by atoms with Crippen LogP contribution in [0.2, 0.25) is 0 Å². The molecule has 0 saturated carbocycles. The predicted molar refractivity (Wildman–Crippen MR) is 229 cm³/mol. The Labute approximate surface area is 321 Å². The molecule has 1 aliphatic carbocycles. The van der Waals surface area contributed by atoms with Crippen molar-refractivity contribution in [2.45, 2.75) is 19.3 Å². The number of anilines is 3. The van der Waals surface area contributed by atoms with E-state index in [-0.39, 0.29) is 5.41 Å². The average Bonchev–Trinajstić information content (AvgIpc) is 3.69. The van der Waals surface area contributed by atoms with Gasteiger partial charge < -0.3 is 9.47 Å². The zero-order valence-electron chi connectivity index (χ0n) is 30.7. The van der Waals surface area contributed by atoms with Crippen LogP contribution in [0.5, 0.6) is 0 Å². The maximum Gasteiger partial charge on any atom is 0.0991 e. The Morgan fingerprint density at radius 1 is 0.455 bits per heavy atom. The molecule has 260 valence electrons. The number of aromatic nitrogens is 1. The fraction of sp³-hybridized carbons (Fsp3) is 0.0577. The highest BCUT2D eigenvalue weighted by Gasteiger charge is 2.35. The van der Waals surface area contributed by atoms with E-state index in [0.29, 0.717) is 5.56 Å². The maximum absolute atomic E-state index is 9.64. The van der Waals surface area contributed by atoms with Gasteiger partial charge in [-0.05, 0) is 129 Å². The van der Waals surface area contributed by atoms with Gasteiger partial charge in [0.1, 0.15) is 0 Å². The molecule has 0 aliphatic heterocycles. The Kier molecular flexibility index (Phi) is 7.54. The van der Waals surface area contributed by atoms with E-state index < -0.39 is 0 Å². The molecule has 1 heterocycles. The van der Waals surface area contributed by atoms with E-state index in [1.165, 1.54) is 55.3 Å². The zero-order valence-corrected chi connectivity index (χ0v) is 30.7. The molecular weight excluding hydrogens is 667 g/mol. The Bertz CT molecular complexity index is 2930. The lowest BCUT2D eigenvalue weighted by molar-refractivity contribution is 0.660. The molecule has 55 heavy (non-hydrogen) atoms. The quantitative estimate of drug-likeness (QED) is 0.173. The van der Waals surface area contributed by atoms with Crippen molar-refractivity contribution in [1.29, 1.82) is 5.26 Å². The molecule has 3 nitrogen and oxygen atoms in total. The van der Waals surface area contributed by atoms with E-state index in [2.05, 4.69) is 193 Å². The molecule has 8 aromatic carbocycles.